The van der Waals surface area contributed by atoms with Gasteiger partial charge < -0.3 is 24.8 Å². The zero-order valence-electron chi connectivity index (χ0n) is 16.5. The Morgan fingerprint density at radius 1 is 1.10 bits per heavy atom. The minimum absolute atomic E-state index is 0.182. The van der Waals surface area contributed by atoms with Crippen LogP contribution in [0.2, 0.25) is 0 Å². The molecule has 2 N–H and O–H groups in total. The Balaban J connectivity index is 1.55. The van der Waals surface area contributed by atoms with Crippen molar-refractivity contribution in [3.05, 3.63) is 12.1 Å². The lowest BCUT2D eigenvalue weighted by atomic mass is 10.0. The molecule has 2 saturated heterocycles. The Morgan fingerprint density at radius 3 is 2.34 bits per heavy atom. The van der Waals surface area contributed by atoms with Crippen LogP contribution in [0.4, 0.5) is 16.6 Å². The molecule has 0 spiro atoms. The summed E-state index contributed by atoms with van der Waals surface area (Å²) in [6.45, 7) is 2.77. The molecule has 0 bridgehead atoms. The fraction of sp³-hybridized carbons (Fsp3) is 0.474. The molecule has 1 aromatic heterocycles. The number of carbonyl (C=O) groups excluding carboxylic acids is 2. The highest BCUT2D eigenvalue weighted by Crippen LogP contribution is 2.34. The summed E-state index contributed by atoms with van der Waals surface area (Å²) in [5.41, 5.74) is 6.82. The van der Waals surface area contributed by atoms with E-state index in [2.05, 4.69) is 9.97 Å². The highest BCUT2D eigenvalue weighted by molar-refractivity contribution is 6.00. The van der Waals surface area contributed by atoms with E-state index in [1.807, 2.05) is 4.90 Å². The normalized spacial score (nSPS) is 20.3. The summed E-state index contributed by atoms with van der Waals surface area (Å²) in [6.07, 6.45) is -0.0500. The predicted molar refractivity (Wildman–Crippen MR) is 105 cm³/mol. The summed E-state index contributed by atoms with van der Waals surface area (Å²) in [5, 5.41) is 0.681. The molecule has 2 aliphatic rings. The summed E-state index contributed by atoms with van der Waals surface area (Å²) in [4.78, 5) is 36.5. The summed E-state index contributed by atoms with van der Waals surface area (Å²) in [6, 6.07) is 3.34. The quantitative estimate of drug-likeness (QED) is 0.813. The van der Waals surface area contributed by atoms with Gasteiger partial charge in [-0.25, -0.2) is 14.7 Å². The van der Waals surface area contributed by atoms with E-state index in [4.69, 9.17) is 19.9 Å². The molecule has 4 rings (SSSR count). The van der Waals surface area contributed by atoms with Gasteiger partial charge in [-0.1, -0.05) is 0 Å². The number of nitrogen functional groups attached to an aromatic ring is 1. The van der Waals surface area contributed by atoms with Crippen LogP contribution in [-0.4, -0.2) is 66.3 Å². The van der Waals surface area contributed by atoms with Crippen molar-refractivity contribution in [1.29, 1.82) is 0 Å². The zero-order valence-corrected chi connectivity index (χ0v) is 16.5. The second-order valence-corrected chi connectivity index (χ2v) is 7.09. The second kappa shape index (κ2) is 7.26. The van der Waals surface area contributed by atoms with Gasteiger partial charge in [0.15, 0.2) is 17.6 Å². The zero-order chi connectivity index (χ0) is 20.7. The van der Waals surface area contributed by atoms with Crippen LogP contribution < -0.4 is 20.1 Å². The van der Waals surface area contributed by atoms with Crippen LogP contribution in [0.3, 0.4) is 0 Å². The number of amides is 2. The van der Waals surface area contributed by atoms with Gasteiger partial charge in [0.05, 0.1) is 19.7 Å². The van der Waals surface area contributed by atoms with Crippen LogP contribution in [0, 0.1) is 0 Å². The second-order valence-electron chi connectivity index (χ2n) is 7.09. The maximum Gasteiger partial charge on any atom is 0.417 e. The minimum Gasteiger partial charge on any atom is -0.493 e. The van der Waals surface area contributed by atoms with Crippen LogP contribution in [0.5, 0.6) is 11.5 Å². The van der Waals surface area contributed by atoms with Crippen LogP contribution >= 0.6 is 0 Å². The number of rotatable bonds is 4. The SMILES string of the molecule is COc1cc2nc(N3CCC(N4C(=O)OC(C)C4=O)CC3)nc(N)c2cc1OC. The lowest BCUT2D eigenvalue weighted by molar-refractivity contribution is -0.130. The monoisotopic (exact) mass is 401 g/mol. The largest absolute Gasteiger partial charge is 0.493 e. The lowest BCUT2D eigenvalue weighted by Gasteiger charge is -2.34. The fourth-order valence-electron chi connectivity index (χ4n) is 3.81. The molecule has 2 aromatic rings. The van der Waals surface area contributed by atoms with Crippen molar-refractivity contribution in [2.75, 3.05) is 37.9 Å². The molecule has 0 aliphatic carbocycles. The van der Waals surface area contributed by atoms with E-state index in [9.17, 15) is 9.59 Å². The third-order valence-corrected chi connectivity index (χ3v) is 5.39. The van der Waals surface area contributed by atoms with E-state index >= 15 is 0 Å². The molecular formula is C19H23N5O5. The number of nitrogens with two attached hydrogens (primary N) is 1. The van der Waals surface area contributed by atoms with E-state index in [0.29, 0.717) is 60.1 Å². The van der Waals surface area contributed by atoms with E-state index in [-0.39, 0.29) is 11.9 Å². The summed E-state index contributed by atoms with van der Waals surface area (Å²) in [7, 11) is 3.12. The Hall–Kier alpha value is -3.30. The molecular weight excluding hydrogens is 378 g/mol. The number of imide groups is 1. The minimum atomic E-state index is -0.712. The number of carbonyl (C=O) groups is 2. The van der Waals surface area contributed by atoms with Gasteiger partial charge >= 0.3 is 6.09 Å². The first-order chi connectivity index (χ1) is 13.9. The number of hydrogen-bond donors (Lipinski definition) is 1. The van der Waals surface area contributed by atoms with E-state index in [1.54, 1.807) is 33.3 Å². The Kier molecular flexibility index (Phi) is 4.77. The molecule has 0 saturated carbocycles. The molecule has 0 radical (unpaired) electrons. The molecule has 2 fully saturated rings. The third-order valence-electron chi connectivity index (χ3n) is 5.39. The number of hydrogen-bond acceptors (Lipinski definition) is 9. The van der Waals surface area contributed by atoms with Crippen molar-refractivity contribution in [3.63, 3.8) is 0 Å². The molecule has 2 amide bonds. The smallest absolute Gasteiger partial charge is 0.417 e. The van der Waals surface area contributed by atoms with Crippen LogP contribution in [-0.2, 0) is 9.53 Å². The van der Waals surface area contributed by atoms with Crippen LogP contribution in [0.15, 0.2) is 12.1 Å². The van der Waals surface area contributed by atoms with Crippen molar-refractivity contribution in [2.45, 2.75) is 31.9 Å². The number of nitrogens with zero attached hydrogens (tertiary/aromatic N) is 4. The average molecular weight is 401 g/mol. The van der Waals surface area contributed by atoms with E-state index in [1.165, 1.54) is 4.90 Å². The molecule has 1 aromatic carbocycles. The number of aromatic nitrogens is 2. The number of benzene rings is 1. The van der Waals surface area contributed by atoms with Gasteiger partial charge in [-0.15, -0.1) is 0 Å². The molecule has 1 atom stereocenters. The molecule has 29 heavy (non-hydrogen) atoms. The molecule has 10 heteroatoms. The van der Waals surface area contributed by atoms with Gasteiger partial charge in [-0.2, -0.15) is 4.98 Å². The van der Waals surface area contributed by atoms with Gasteiger partial charge in [-0.3, -0.25) is 4.79 Å². The predicted octanol–water partition coefficient (Wildman–Crippen LogP) is 1.57. The molecule has 1 unspecified atom stereocenters. The highest BCUT2D eigenvalue weighted by atomic mass is 16.6. The first kappa shape index (κ1) is 19.0. The molecule has 10 nitrogen and oxygen atoms in total. The van der Waals surface area contributed by atoms with Crippen molar-refractivity contribution in [1.82, 2.24) is 14.9 Å². The highest BCUT2D eigenvalue weighted by Gasteiger charge is 2.43. The third kappa shape index (κ3) is 3.24. The average Bonchev–Trinajstić information content (AvgIpc) is 2.98. The molecule has 3 heterocycles. The number of anilines is 2. The van der Waals surface area contributed by atoms with Gasteiger partial charge in [0.2, 0.25) is 5.95 Å². The number of piperidine rings is 1. The Labute approximate surface area is 167 Å². The van der Waals surface area contributed by atoms with E-state index < -0.39 is 12.2 Å². The van der Waals surface area contributed by atoms with Crippen molar-refractivity contribution in [3.8, 4) is 11.5 Å². The topological polar surface area (TPSA) is 120 Å². The summed E-state index contributed by atoms with van der Waals surface area (Å²) < 4.78 is 15.7. The number of methoxy groups -OCH3 is 2. The summed E-state index contributed by atoms with van der Waals surface area (Å²) in [5.74, 6) is 1.69. The maximum absolute atomic E-state index is 12.2. The summed E-state index contributed by atoms with van der Waals surface area (Å²) >= 11 is 0. The fourth-order valence-corrected chi connectivity index (χ4v) is 3.81. The van der Waals surface area contributed by atoms with Crippen LogP contribution in [0.1, 0.15) is 19.8 Å². The molecule has 154 valence electrons. The first-order valence-corrected chi connectivity index (χ1v) is 9.40. The van der Waals surface area contributed by atoms with Crippen molar-refractivity contribution >= 4 is 34.7 Å². The van der Waals surface area contributed by atoms with Gasteiger partial charge in [0, 0.05) is 30.6 Å². The van der Waals surface area contributed by atoms with E-state index in [0.717, 1.165) is 0 Å². The van der Waals surface area contributed by atoms with Gasteiger partial charge in [-0.05, 0) is 25.8 Å². The van der Waals surface area contributed by atoms with Gasteiger partial charge in [0.1, 0.15) is 5.82 Å². The number of fused-ring (bicyclic) bond motifs is 1. The first-order valence-electron chi connectivity index (χ1n) is 9.40. The Morgan fingerprint density at radius 2 is 1.76 bits per heavy atom. The molecule has 2 aliphatic heterocycles. The number of cyclic esters (lactones) is 1. The maximum atomic E-state index is 12.2. The number of ether oxygens (including phenoxy) is 3. The lowest BCUT2D eigenvalue weighted by Crippen LogP contribution is -2.47. The van der Waals surface area contributed by atoms with Gasteiger partial charge in [0.25, 0.3) is 5.91 Å². The van der Waals surface area contributed by atoms with Crippen molar-refractivity contribution < 1.29 is 23.8 Å². The Bertz CT molecular complexity index is 973. The van der Waals surface area contributed by atoms with Crippen LogP contribution in [0.25, 0.3) is 10.9 Å². The van der Waals surface area contributed by atoms with Crippen molar-refractivity contribution in [2.24, 2.45) is 0 Å². The standard InChI is InChI=1S/C19H23N5O5/c1-10-17(25)24(19(26)29-10)11-4-6-23(7-5-11)18-21-13-9-15(28-3)14(27-2)8-12(13)16(20)22-18/h8-11H,4-7H2,1-3H3,(H2,20,21,22).